The normalized spacial score (nSPS) is 18.4. The first-order chi connectivity index (χ1) is 16.6. The van der Waals surface area contributed by atoms with E-state index in [1.807, 2.05) is 0 Å². The van der Waals surface area contributed by atoms with Crippen molar-refractivity contribution in [3.05, 3.63) is 52.0 Å². The van der Waals surface area contributed by atoms with E-state index in [4.69, 9.17) is 11.6 Å². The first-order valence-electron chi connectivity index (χ1n) is 11.0. The molecular weight excluding hydrogens is 615 g/mol. The lowest BCUT2D eigenvalue weighted by molar-refractivity contribution is -0.136. The zero-order valence-corrected chi connectivity index (χ0v) is 24.5. The molecule has 1 heterocycles. The zero-order valence-electron chi connectivity index (χ0n) is 19.6. The number of sulfonamides is 1. The van der Waals surface area contributed by atoms with E-state index in [1.54, 1.807) is 43.3 Å². The van der Waals surface area contributed by atoms with Crippen molar-refractivity contribution in [2.45, 2.75) is 41.6 Å². The van der Waals surface area contributed by atoms with Gasteiger partial charge in [0.05, 0.1) is 10.6 Å². The topological polar surface area (TPSA) is 101 Å². The molecule has 13 heteroatoms. The minimum Gasteiger partial charge on any atom is -0.350 e. The quantitative estimate of drug-likeness (QED) is 0.423. The Labute approximate surface area is 230 Å². The predicted molar refractivity (Wildman–Crippen MR) is 147 cm³/mol. The zero-order chi connectivity index (χ0) is 26.9. The summed E-state index contributed by atoms with van der Waals surface area (Å²) in [5.41, 5.74) is -1.34. The van der Waals surface area contributed by atoms with E-state index < -0.39 is 42.7 Å². The summed E-state index contributed by atoms with van der Waals surface area (Å²) in [4.78, 5) is 12.7. The van der Waals surface area contributed by atoms with Crippen LogP contribution < -0.4 is 5.32 Å². The van der Waals surface area contributed by atoms with Gasteiger partial charge in [0.15, 0.2) is 5.67 Å². The van der Waals surface area contributed by atoms with E-state index in [0.29, 0.717) is 20.6 Å². The SMILES string of the molecule is C[C@@H](NC(=O)C1(F)CCN(S(=O)(=O)c2ccc(Br)cc2-c2ccccc2Cl)CC1)[C@H](S)CS(C)(=O)=O. The molecule has 1 amide bonds. The number of thiol groups is 1. The van der Waals surface area contributed by atoms with Crippen LogP contribution in [0.3, 0.4) is 0 Å². The third-order valence-corrected chi connectivity index (χ3v) is 10.7. The summed E-state index contributed by atoms with van der Waals surface area (Å²) in [6.45, 7) is 1.14. The molecule has 1 fully saturated rings. The molecule has 0 saturated carbocycles. The molecule has 1 aliphatic heterocycles. The molecule has 0 bridgehead atoms. The fourth-order valence-corrected chi connectivity index (χ4v) is 7.97. The van der Waals surface area contributed by atoms with Crippen LogP contribution >= 0.6 is 40.2 Å². The van der Waals surface area contributed by atoms with Crippen molar-refractivity contribution < 1.29 is 26.0 Å². The highest BCUT2D eigenvalue weighted by atomic mass is 79.9. The van der Waals surface area contributed by atoms with Gasteiger partial charge in [-0.25, -0.2) is 21.2 Å². The molecule has 0 unspecified atom stereocenters. The van der Waals surface area contributed by atoms with Crippen LogP contribution in [0, 0.1) is 0 Å². The van der Waals surface area contributed by atoms with Crippen molar-refractivity contribution in [1.29, 1.82) is 0 Å². The average molecular weight is 642 g/mol. The Morgan fingerprint density at radius 1 is 1.17 bits per heavy atom. The van der Waals surface area contributed by atoms with Crippen LogP contribution in [0.1, 0.15) is 19.8 Å². The lowest BCUT2D eigenvalue weighted by Gasteiger charge is -2.36. The molecule has 2 atom stereocenters. The van der Waals surface area contributed by atoms with E-state index >= 15 is 4.39 Å². The van der Waals surface area contributed by atoms with Crippen molar-refractivity contribution in [1.82, 2.24) is 9.62 Å². The maximum atomic E-state index is 15.5. The van der Waals surface area contributed by atoms with E-state index in [1.165, 1.54) is 6.07 Å². The highest BCUT2D eigenvalue weighted by Gasteiger charge is 2.45. The first-order valence-corrected chi connectivity index (χ1v) is 16.2. The second kappa shape index (κ2) is 11.3. The Balaban J connectivity index is 1.77. The molecule has 0 spiro atoms. The lowest BCUT2D eigenvalue weighted by Crippen LogP contribution is -2.55. The van der Waals surface area contributed by atoms with Gasteiger partial charge in [-0.1, -0.05) is 45.7 Å². The maximum Gasteiger partial charge on any atom is 0.258 e. The number of hydrogen-bond acceptors (Lipinski definition) is 6. The Kier molecular flexibility index (Phi) is 9.21. The summed E-state index contributed by atoms with van der Waals surface area (Å²) < 4.78 is 67.5. The maximum absolute atomic E-state index is 15.5. The molecule has 1 aliphatic rings. The van der Waals surface area contributed by atoms with Gasteiger partial charge < -0.3 is 5.32 Å². The van der Waals surface area contributed by atoms with E-state index in [2.05, 4.69) is 33.9 Å². The standard InChI is InChI=1S/C23H27BrClFN2O5S3/c1-15(20(34)14-35(2,30)31)27-22(29)23(26)9-11-28(12-10-23)36(32,33)21-8-7-16(24)13-18(21)17-5-3-4-6-19(17)25/h3-8,13,15,20,34H,9-12,14H2,1-2H3,(H,27,29)/t15-,20-/m1/s1. The van der Waals surface area contributed by atoms with E-state index in [0.717, 1.165) is 10.6 Å². The summed E-state index contributed by atoms with van der Waals surface area (Å²) in [5, 5.41) is 2.17. The van der Waals surface area contributed by atoms with Crippen LogP contribution in [0.25, 0.3) is 11.1 Å². The van der Waals surface area contributed by atoms with Crippen LogP contribution in [-0.2, 0) is 24.7 Å². The smallest absolute Gasteiger partial charge is 0.258 e. The number of sulfone groups is 1. The van der Waals surface area contributed by atoms with E-state index in [-0.39, 0.29) is 36.6 Å². The van der Waals surface area contributed by atoms with Gasteiger partial charge in [0, 0.05) is 64.1 Å². The number of nitrogens with zero attached hydrogens (tertiary/aromatic N) is 1. The summed E-state index contributed by atoms with van der Waals surface area (Å²) >= 11 is 13.9. The van der Waals surface area contributed by atoms with Crippen LogP contribution in [0.5, 0.6) is 0 Å². The molecule has 1 N–H and O–H groups in total. The van der Waals surface area contributed by atoms with Crippen LogP contribution in [0.15, 0.2) is 51.8 Å². The highest BCUT2D eigenvalue weighted by Crippen LogP contribution is 2.37. The lowest BCUT2D eigenvalue weighted by atomic mass is 9.93. The molecule has 7 nitrogen and oxygen atoms in total. The molecular formula is C23H27BrClFN2O5S3. The fourth-order valence-electron chi connectivity index (χ4n) is 3.95. The minimum absolute atomic E-state index is 0.0296. The third-order valence-electron chi connectivity index (χ3n) is 6.05. The number of halogens is 3. The number of hydrogen-bond donors (Lipinski definition) is 2. The Hall–Kier alpha value is -1.18. The molecule has 198 valence electrons. The molecule has 1 saturated heterocycles. The first kappa shape index (κ1) is 29.4. The summed E-state index contributed by atoms with van der Waals surface area (Å²) in [5.74, 6) is -1.18. The Bertz CT molecular complexity index is 1350. The Morgan fingerprint density at radius 3 is 2.36 bits per heavy atom. The summed E-state index contributed by atoms with van der Waals surface area (Å²) in [6.07, 6.45) is 0.373. The average Bonchev–Trinajstić information content (AvgIpc) is 2.78. The fraction of sp³-hybridized carbons (Fsp3) is 0.435. The van der Waals surface area contributed by atoms with Gasteiger partial charge in [0.2, 0.25) is 10.0 Å². The van der Waals surface area contributed by atoms with Gasteiger partial charge in [0.1, 0.15) is 9.84 Å². The summed E-state index contributed by atoms with van der Waals surface area (Å²) in [6, 6.07) is 10.9. The largest absolute Gasteiger partial charge is 0.350 e. The number of carbonyl (C=O) groups excluding carboxylic acids is 1. The van der Waals surface area contributed by atoms with Crippen LogP contribution in [-0.4, -0.2) is 69.1 Å². The van der Waals surface area contributed by atoms with Gasteiger partial charge in [-0.2, -0.15) is 16.9 Å². The van der Waals surface area contributed by atoms with Crippen molar-refractivity contribution in [3.8, 4) is 11.1 Å². The molecule has 0 aromatic heterocycles. The number of carbonyl (C=O) groups is 1. The highest BCUT2D eigenvalue weighted by molar-refractivity contribution is 9.10. The minimum atomic E-state index is -4.03. The second-order valence-electron chi connectivity index (χ2n) is 8.91. The molecule has 2 aromatic rings. The number of rotatable bonds is 8. The number of alkyl halides is 1. The predicted octanol–water partition coefficient (Wildman–Crippen LogP) is 4.11. The molecule has 2 aromatic carbocycles. The van der Waals surface area contributed by atoms with Gasteiger partial charge in [0.25, 0.3) is 5.91 Å². The van der Waals surface area contributed by atoms with Crippen LogP contribution in [0.2, 0.25) is 5.02 Å². The van der Waals surface area contributed by atoms with Crippen molar-refractivity contribution in [2.24, 2.45) is 0 Å². The van der Waals surface area contributed by atoms with Crippen molar-refractivity contribution >= 4 is 65.9 Å². The number of amides is 1. The second-order valence-corrected chi connectivity index (χ2v) is 15.0. The van der Waals surface area contributed by atoms with Gasteiger partial charge >= 0.3 is 0 Å². The molecule has 3 rings (SSSR count). The molecule has 0 radical (unpaired) electrons. The molecule has 36 heavy (non-hydrogen) atoms. The van der Waals surface area contributed by atoms with E-state index in [9.17, 15) is 21.6 Å². The van der Waals surface area contributed by atoms with Crippen molar-refractivity contribution in [3.63, 3.8) is 0 Å². The number of piperidine rings is 1. The monoisotopic (exact) mass is 640 g/mol. The van der Waals surface area contributed by atoms with Crippen LogP contribution in [0.4, 0.5) is 4.39 Å². The third kappa shape index (κ3) is 6.82. The van der Waals surface area contributed by atoms with Gasteiger partial charge in [-0.05, 0) is 31.2 Å². The van der Waals surface area contributed by atoms with Gasteiger partial charge in [-0.3, -0.25) is 4.79 Å². The van der Waals surface area contributed by atoms with Gasteiger partial charge in [-0.15, -0.1) is 0 Å². The summed E-state index contributed by atoms with van der Waals surface area (Å²) in [7, 11) is -7.36. The van der Waals surface area contributed by atoms with Crippen molar-refractivity contribution in [2.75, 3.05) is 25.1 Å². The molecule has 0 aliphatic carbocycles. The number of nitrogens with one attached hydrogen (secondary N) is 1. The Morgan fingerprint density at radius 2 is 1.78 bits per heavy atom. The number of benzene rings is 2.